The van der Waals surface area contributed by atoms with E-state index in [2.05, 4.69) is 25.0 Å². The van der Waals surface area contributed by atoms with Gasteiger partial charge in [0, 0.05) is 20.6 Å². The van der Waals surface area contributed by atoms with Crippen molar-refractivity contribution in [2.24, 2.45) is 13.0 Å². The van der Waals surface area contributed by atoms with Crippen molar-refractivity contribution in [3.8, 4) is 6.07 Å². The molecule has 0 fully saturated rings. The summed E-state index contributed by atoms with van der Waals surface area (Å²) in [6, 6.07) is 2.22. The molecule has 5 nitrogen and oxygen atoms in total. The Bertz CT molecular complexity index is 427. The molecule has 0 radical (unpaired) electrons. The molecule has 1 rings (SSSR count). The molecular weight excluding hydrogens is 214 g/mol. The largest absolute Gasteiger partial charge is 0.394 e. The van der Waals surface area contributed by atoms with Crippen molar-refractivity contribution in [2.75, 3.05) is 24.2 Å². The van der Waals surface area contributed by atoms with Gasteiger partial charge in [0.1, 0.15) is 5.82 Å². The lowest BCUT2D eigenvalue weighted by molar-refractivity contribution is 0.666. The first-order chi connectivity index (χ1) is 7.88. The van der Waals surface area contributed by atoms with Gasteiger partial charge in [-0.25, -0.2) is 0 Å². The Morgan fingerprint density at radius 3 is 2.47 bits per heavy atom. The van der Waals surface area contributed by atoms with Crippen molar-refractivity contribution in [1.82, 2.24) is 9.78 Å². The highest BCUT2D eigenvalue weighted by atomic mass is 15.4. The average Bonchev–Trinajstić information content (AvgIpc) is 2.54. The summed E-state index contributed by atoms with van der Waals surface area (Å²) >= 11 is 0. The predicted molar refractivity (Wildman–Crippen MR) is 69.8 cm³/mol. The number of anilines is 2. The molecule has 17 heavy (non-hydrogen) atoms. The lowest BCUT2D eigenvalue weighted by Gasteiger charge is -2.20. The Labute approximate surface area is 103 Å². The van der Waals surface area contributed by atoms with E-state index >= 15 is 0 Å². The summed E-state index contributed by atoms with van der Waals surface area (Å²) in [5.74, 6) is 1.16. The van der Waals surface area contributed by atoms with Crippen molar-refractivity contribution in [3.63, 3.8) is 0 Å². The summed E-state index contributed by atoms with van der Waals surface area (Å²) in [5.41, 5.74) is 7.75. The molecule has 1 aromatic rings. The van der Waals surface area contributed by atoms with Gasteiger partial charge in [-0.2, -0.15) is 10.4 Å². The number of hydrogen-bond donors (Lipinski definition) is 1. The van der Waals surface area contributed by atoms with Crippen molar-refractivity contribution in [3.05, 3.63) is 5.69 Å². The van der Waals surface area contributed by atoms with Gasteiger partial charge < -0.3 is 10.6 Å². The molecule has 0 aromatic carbocycles. The maximum Gasteiger partial charge on any atom is 0.150 e. The highest BCUT2D eigenvalue weighted by Gasteiger charge is 2.19. The second kappa shape index (κ2) is 5.09. The number of aromatic nitrogens is 2. The zero-order valence-corrected chi connectivity index (χ0v) is 11.2. The molecular formula is C12H21N5. The highest BCUT2D eigenvalue weighted by molar-refractivity contribution is 5.66. The minimum atomic E-state index is -0.0307. The van der Waals surface area contributed by atoms with Crippen LogP contribution >= 0.6 is 0 Å². The van der Waals surface area contributed by atoms with Crippen LogP contribution in [0.2, 0.25) is 0 Å². The quantitative estimate of drug-likeness (QED) is 0.862. The minimum Gasteiger partial charge on any atom is -0.394 e. The Balaban J connectivity index is 3.02. The standard InChI is InChI=1S/C12H21N5/c1-8(2)11-10(14)12(17(5)15-11)16(4)7-9(3)6-13/h8-9H,7,14H2,1-5H3. The molecule has 94 valence electrons. The lowest BCUT2D eigenvalue weighted by Crippen LogP contribution is -2.26. The zero-order chi connectivity index (χ0) is 13.2. The second-order valence-corrected chi connectivity index (χ2v) is 4.81. The van der Waals surface area contributed by atoms with Crippen LogP contribution in [0.15, 0.2) is 0 Å². The molecule has 1 unspecified atom stereocenters. The summed E-state index contributed by atoms with van der Waals surface area (Å²) in [5, 5.41) is 13.3. The summed E-state index contributed by atoms with van der Waals surface area (Å²) in [6.07, 6.45) is 0. The Morgan fingerprint density at radius 1 is 1.47 bits per heavy atom. The first-order valence-corrected chi connectivity index (χ1v) is 5.81. The van der Waals surface area contributed by atoms with Gasteiger partial charge in [-0.3, -0.25) is 4.68 Å². The maximum atomic E-state index is 8.83. The Kier molecular flexibility index (Phi) is 4.00. The van der Waals surface area contributed by atoms with Crippen molar-refractivity contribution >= 4 is 11.5 Å². The normalized spacial score (nSPS) is 12.5. The molecule has 0 amide bonds. The molecule has 0 saturated heterocycles. The van der Waals surface area contributed by atoms with Crippen molar-refractivity contribution in [2.45, 2.75) is 26.7 Å². The molecule has 5 heteroatoms. The smallest absolute Gasteiger partial charge is 0.150 e. The number of rotatable bonds is 4. The minimum absolute atomic E-state index is 0.0307. The van der Waals surface area contributed by atoms with Crippen LogP contribution in [0, 0.1) is 17.2 Å². The Hall–Kier alpha value is -1.70. The highest BCUT2D eigenvalue weighted by Crippen LogP contribution is 2.30. The van der Waals surface area contributed by atoms with E-state index in [0.29, 0.717) is 12.5 Å². The van der Waals surface area contributed by atoms with E-state index in [1.54, 1.807) is 4.68 Å². The topological polar surface area (TPSA) is 70.9 Å². The SMILES string of the molecule is CC(C#N)CN(C)c1c(N)c(C(C)C)nn1C. The van der Waals surface area contributed by atoms with E-state index < -0.39 is 0 Å². The van der Waals surface area contributed by atoms with E-state index in [4.69, 9.17) is 11.0 Å². The van der Waals surface area contributed by atoms with Crippen LogP contribution in [0.3, 0.4) is 0 Å². The van der Waals surface area contributed by atoms with Gasteiger partial charge in [0.25, 0.3) is 0 Å². The van der Waals surface area contributed by atoms with E-state index in [9.17, 15) is 0 Å². The molecule has 0 saturated carbocycles. The Morgan fingerprint density at radius 2 is 2.06 bits per heavy atom. The molecule has 0 aliphatic carbocycles. The third-order valence-electron chi connectivity index (χ3n) is 2.76. The van der Waals surface area contributed by atoms with Gasteiger partial charge in [0.2, 0.25) is 0 Å². The van der Waals surface area contributed by atoms with Gasteiger partial charge in [0.15, 0.2) is 0 Å². The number of hydrogen-bond acceptors (Lipinski definition) is 4. The third-order valence-corrected chi connectivity index (χ3v) is 2.76. The second-order valence-electron chi connectivity index (χ2n) is 4.81. The number of nitrogens with zero attached hydrogens (tertiary/aromatic N) is 4. The molecule has 1 atom stereocenters. The van der Waals surface area contributed by atoms with E-state index in [0.717, 1.165) is 17.2 Å². The molecule has 0 spiro atoms. The van der Waals surface area contributed by atoms with Gasteiger partial charge in [-0.1, -0.05) is 13.8 Å². The van der Waals surface area contributed by atoms with Gasteiger partial charge in [-0.05, 0) is 12.8 Å². The summed E-state index contributed by atoms with van der Waals surface area (Å²) in [7, 11) is 3.82. The maximum absolute atomic E-state index is 8.83. The van der Waals surface area contributed by atoms with Crippen LogP contribution in [0.5, 0.6) is 0 Å². The summed E-state index contributed by atoms with van der Waals surface area (Å²) < 4.78 is 1.79. The molecule has 0 aliphatic rings. The fourth-order valence-electron chi connectivity index (χ4n) is 1.97. The van der Waals surface area contributed by atoms with Gasteiger partial charge in [-0.15, -0.1) is 0 Å². The number of nitriles is 1. The molecule has 0 aliphatic heterocycles. The van der Waals surface area contributed by atoms with E-state index in [1.165, 1.54) is 0 Å². The monoisotopic (exact) mass is 235 g/mol. The summed E-state index contributed by atoms with van der Waals surface area (Å²) in [6.45, 7) is 6.69. The van der Waals surface area contributed by atoms with Crippen LogP contribution in [-0.4, -0.2) is 23.4 Å². The lowest BCUT2D eigenvalue weighted by atomic mass is 10.1. The fraction of sp³-hybridized carbons (Fsp3) is 0.667. The zero-order valence-electron chi connectivity index (χ0n) is 11.2. The van der Waals surface area contributed by atoms with Crippen LogP contribution in [-0.2, 0) is 7.05 Å². The molecule has 1 heterocycles. The molecule has 2 N–H and O–H groups in total. The third kappa shape index (κ3) is 2.70. The first kappa shape index (κ1) is 13.4. The number of nitrogen functional groups attached to an aromatic ring is 1. The predicted octanol–water partition coefficient (Wildman–Crippen LogP) is 1.72. The fourth-order valence-corrected chi connectivity index (χ4v) is 1.97. The molecule has 1 aromatic heterocycles. The van der Waals surface area contributed by atoms with E-state index in [1.807, 2.05) is 25.9 Å². The van der Waals surface area contributed by atoms with Crippen LogP contribution < -0.4 is 10.6 Å². The van der Waals surface area contributed by atoms with Gasteiger partial charge >= 0.3 is 0 Å². The van der Waals surface area contributed by atoms with Crippen LogP contribution in [0.4, 0.5) is 11.5 Å². The van der Waals surface area contributed by atoms with Crippen molar-refractivity contribution in [1.29, 1.82) is 5.26 Å². The number of aryl methyl sites for hydroxylation is 1. The summed E-state index contributed by atoms with van der Waals surface area (Å²) in [4.78, 5) is 1.99. The number of nitrogens with two attached hydrogens (primary N) is 1. The molecule has 0 bridgehead atoms. The van der Waals surface area contributed by atoms with Crippen LogP contribution in [0.1, 0.15) is 32.4 Å². The first-order valence-electron chi connectivity index (χ1n) is 5.81. The van der Waals surface area contributed by atoms with Crippen LogP contribution in [0.25, 0.3) is 0 Å². The average molecular weight is 235 g/mol. The van der Waals surface area contributed by atoms with Crippen molar-refractivity contribution < 1.29 is 0 Å². The van der Waals surface area contributed by atoms with E-state index in [-0.39, 0.29) is 5.92 Å². The van der Waals surface area contributed by atoms with Gasteiger partial charge in [0.05, 0.1) is 23.4 Å².